The van der Waals surface area contributed by atoms with Crippen LogP contribution in [0.2, 0.25) is 0 Å². The third kappa shape index (κ3) is 2.49. The van der Waals surface area contributed by atoms with E-state index in [-0.39, 0.29) is 17.5 Å². The van der Waals surface area contributed by atoms with Crippen LogP contribution in [-0.2, 0) is 4.74 Å². The van der Waals surface area contributed by atoms with Gasteiger partial charge in [0, 0.05) is 12.2 Å². The maximum absolute atomic E-state index is 12.3. The quantitative estimate of drug-likeness (QED) is 0.753. The Hall–Kier alpha value is -2.67. The van der Waals surface area contributed by atoms with Crippen LogP contribution >= 0.6 is 0 Å². The fourth-order valence-corrected chi connectivity index (χ4v) is 2.93. The van der Waals surface area contributed by atoms with Crippen LogP contribution in [0.3, 0.4) is 0 Å². The van der Waals surface area contributed by atoms with Crippen molar-refractivity contribution in [2.24, 2.45) is 0 Å². The summed E-state index contributed by atoms with van der Waals surface area (Å²) in [7, 11) is 0. The van der Waals surface area contributed by atoms with Gasteiger partial charge in [0.15, 0.2) is 11.3 Å². The number of H-pyrrole nitrogens is 1. The molecule has 0 bridgehead atoms. The van der Waals surface area contributed by atoms with E-state index >= 15 is 0 Å². The number of phenolic OH excluding ortho intramolecular Hbond substituents is 1. The van der Waals surface area contributed by atoms with E-state index in [9.17, 15) is 9.90 Å². The van der Waals surface area contributed by atoms with E-state index in [0.717, 1.165) is 25.0 Å². The van der Waals surface area contributed by atoms with E-state index in [1.54, 1.807) is 35.0 Å². The molecule has 4 rings (SSSR count). The van der Waals surface area contributed by atoms with Gasteiger partial charge in [-0.3, -0.25) is 9.55 Å². The molecule has 1 aliphatic heterocycles. The van der Waals surface area contributed by atoms with Gasteiger partial charge in [0.25, 0.3) is 0 Å². The summed E-state index contributed by atoms with van der Waals surface area (Å²) >= 11 is 0. The minimum absolute atomic E-state index is 0.0191. The third-order valence-corrected chi connectivity index (χ3v) is 4.09. The maximum atomic E-state index is 12.3. The molecule has 118 valence electrons. The summed E-state index contributed by atoms with van der Waals surface area (Å²) in [4.78, 5) is 23.9. The molecule has 7 heteroatoms. The Labute approximate surface area is 131 Å². The Bertz CT molecular complexity index is 892. The van der Waals surface area contributed by atoms with Gasteiger partial charge >= 0.3 is 5.69 Å². The van der Waals surface area contributed by atoms with Gasteiger partial charge in [0.05, 0.1) is 24.5 Å². The largest absolute Gasteiger partial charge is 0.508 e. The van der Waals surface area contributed by atoms with Crippen LogP contribution in [0, 0.1) is 0 Å². The van der Waals surface area contributed by atoms with Crippen molar-refractivity contribution >= 4 is 11.3 Å². The standard InChI is InChI=1S/C16H16N4O3/c21-12-5-3-10(4-6-12)13-8-17-14-15(18-13)20(16(22)19-14)11-2-1-7-23-9-11/h3-6,8,11,21H,1-2,7,9H2,(H,17,19,22). The second-order valence-corrected chi connectivity index (χ2v) is 5.65. The first-order chi connectivity index (χ1) is 11.2. The number of fused-ring (bicyclic) bond motifs is 1. The molecule has 3 heterocycles. The van der Waals surface area contributed by atoms with Crippen molar-refractivity contribution in [3.8, 4) is 17.0 Å². The van der Waals surface area contributed by atoms with Crippen LogP contribution in [0.5, 0.6) is 5.75 Å². The minimum atomic E-state index is -0.210. The third-order valence-electron chi connectivity index (χ3n) is 4.09. The SMILES string of the molecule is O=c1[nH]c2ncc(-c3ccc(O)cc3)nc2n1C1CCCOC1. The van der Waals surface area contributed by atoms with Crippen LogP contribution in [0.15, 0.2) is 35.3 Å². The van der Waals surface area contributed by atoms with Crippen molar-refractivity contribution in [1.82, 2.24) is 19.5 Å². The van der Waals surface area contributed by atoms with Crippen LogP contribution < -0.4 is 5.69 Å². The zero-order valence-corrected chi connectivity index (χ0v) is 12.4. The fraction of sp³-hybridized carbons (Fsp3) is 0.312. The molecule has 1 atom stereocenters. The highest BCUT2D eigenvalue weighted by Crippen LogP contribution is 2.24. The van der Waals surface area contributed by atoms with Gasteiger partial charge in [-0.1, -0.05) is 0 Å². The molecule has 1 aliphatic rings. The Morgan fingerprint density at radius 3 is 2.87 bits per heavy atom. The van der Waals surface area contributed by atoms with Crippen LogP contribution in [0.25, 0.3) is 22.6 Å². The van der Waals surface area contributed by atoms with Gasteiger partial charge in [-0.2, -0.15) is 0 Å². The summed E-state index contributed by atoms with van der Waals surface area (Å²) in [6.07, 6.45) is 3.43. The van der Waals surface area contributed by atoms with Gasteiger partial charge in [0.2, 0.25) is 0 Å². The van der Waals surface area contributed by atoms with E-state index < -0.39 is 0 Å². The summed E-state index contributed by atoms with van der Waals surface area (Å²) < 4.78 is 7.13. The number of phenols is 1. The Morgan fingerprint density at radius 2 is 2.13 bits per heavy atom. The second-order valence-electron chi connectivity index (χ2n) is 5.65. The summed E-state index contributed by atoms with van der Waals surface area (Å²) in [5, 5.41) is 9.39. The van der Waals surface area contributed by atoms with Gasteiger partial charge in [-0.15, -0.1) is 0 Å². The number of aromatic hydroxyl groups is 1. The van der Waals surface area contributed by atoms with Crippen molar-refractivity contribution in [2.75, 3.05) is 13.2 Å². The molecule has 23 heavy (non-hydrogen) atoms. The van der Waals surface area contributed by atoms with Crippen molar-refractivity contribution in [1.29, 1.82) is 0 Å². The Kier molecular flexibility index (Phi) is 3.34. The summed E-state index contributed by atoms with van der Waals surface area (Å²) in [6, 6.07) is 6.71. The van der Waals surface area contributed by atoms with Crippen LogP contribution in [0.4, 0.5) is 0 Å². The first-order valence-corrected chi connectivity index (χ1v) is 7.57. The van der Waals surface area contributed by atoms with Crippen molar-refractivity contribution in [3.05, 3.63) is 40.9 Å². The second kappa shape index (κ2) is 5.51. The van der Waals surface area contributed by atoms with E-state index in [1.165, 1.54) is 0 Å². The zero-order valence-electron chi connectivity index (χ0n) is 12.4. The van der Waals surface area contributed by atoms with E-state index in [1.807, 2.05) is 0 Å². The van der Waals surface area contributed by atoms with Gasteiger partial charge < -0.3 is 9.84 Å². The molecule has 3 aromatic rings. The number of rotatable bonds is 2. The Balaban J connectivity index is 1.83. The van der Waals surface area contributed by atoms with Gasteiger partial charge in [-0.25, -0.2) is 14.8 Å². The lowest BCUT2D eigenvalue weighted by molar-refractivity contribution is 0.0593. The zero-order chi connectivity index (χ0) is 15.8. The number of aromatic amines is 1. The van der Waals surface area contributed by atoms with Gasteiger partial charge in [-0.05, 0) is 37.1 Å². The highest BCUT2D eigenvalue weighted by atomic mass is 16.5. The first-order valence-electron chi connectivity index (χ1n) is 7.57. The number of nitrogens with one attached hydrogen (secondary N) is 1. The number of imidazole rings is 1. The molecule has 0 radical (unpaired) electrons. The molecule has 1 unspecified atom stereocenters. The summed E-state index contributed by atoms with van der Waals surface area (Å²) in [5.74, 6) is 0.195. The molecule has 7 nitrogen and oxygen atoms in total. The number of hydrogen-bond donors (Lipinski definition) is 2. The van der Waals surface area contributed by atoms with Crippen LogP contribution in [0.1, 0.15) is 18.9 Å². The number of benzene rings is 1. The highest BCUT2D eigenvalue weighted by molar-refractivity contribution is 5.71. The lowest BCUT2D eigenvalue weighted by Crippen LogP contribution is -2.29. The maximum Gasteiger partial charge on any atom is 0.329 e. The average Bonchev–Trinajstić information content (AvgIpc) is 2.91. The number of nitrogens with zero attached hydrogens (tertiary/aromatic N) is 3. The van der Waals surface area contributed by atoms with Crippen molar-refractivity contribution < 1.29 is 9.84 Å². The molecule has 0 aliphatic carbocycles. The molecule has 1 fully saturated rings. The lowest BCUT2D eigenvalue weighted by atomic mass is 10.1. The van der Waals surface area contributed by atoms with E-state index in [4.69, 9.17) is 4.74 Å². The molecular weight excluding hydrogens is 296 g/mol. The summed E-state index contributed by atoms with van der Waals surface area (Å²) in [6.45, 7) is 1.25. The molecule has 2 N–H and O–H groups in total. The molecule has 1 saturated heterocycles. The molecule has 0 saturated carbocycles. The lowest BCUT2D eigenvalue weighted by Gasteiger charge is -2.22. The van der Waals surface area contributed by atoms with Crippen LogP contribution in [-0.4, -0.2) is 37.8 Å². The van der Waals surface area contributed by atoms with Gasteiger partial charge in [0.1, 0.15) is 5.75 Å². The monoisotopic (exact) mass is 312 g/mol. The normalized spacial score (nSPS) is 18.3. The molecule has 0 spiro atoms. The van der Waals surface area contributed by atoms with E-state index in [2.05, 4.69) is 15.0 Å². The number of aromatic nitrogens is 4. The molecular formula is C16H16N4O3. The molecule has 0 amide bonds. The Morgan fingerprint density at radius 1 is 1.30 bits per heavy atom. The van der Waals surface area contributed by atoms with Crippen molar-refractivity contribution in [3.63, 3.8) is 0 Å². The predicted octanol–water partition coefficient (Wildman–Crippen LogP) is 1.84. The topological polar surface area (TPSA) is 93.0 Å². The molecule has 2 aromatic heterocycles. The number of hydrogen-bond acceptors (Lipinski definition) is 5. The first kappa shape index (κ1) is 14.0. The number of ether oxygens (including phenoxy) is 1. The average molecular weight is 312 g/mol. The summed E-state index contributed by atoms with van der Waals surface area (Å²) in [5.41, 5.74) is 2.29. The minimum Gasteiger partial charge on any atom is -0.508 e. The van der Waals surface area contributed by atoms with E-state index in [0.29, 0.717) is 23.6 Å². The molecule has 1 aromatic carbocycles. The predicted molar refractivity (Wildman–Crippen MR) is 84.3 cm³/mol. The fourth-order valence-electron chi connectivity index (χ4n) is 2.93. The smallest absolute Gasteiger partial charge is 0.329 e. The van der Waals surface area contributed by atoms with Crippen molar-refractivity contribution in [2.45, 2.75) is 18.9 Å². The highest BCUT2D eigenvalue weighted by Gasteiger charge is 2.22.